The van der Waals surface area contributed by atoms with Crippen LogP contribution >= 0.6 is 0 Å². The average molecular weight is 519 g/mol. The quantitative estimate of drug-likeness (QED) is 0.650. The molecular weight excluding hydrogens is 485 g/mol. The first-order valence-corrected chi connectivity index (χ1v) is 13.2. The fourth-order valence-corrected chi connectivity index (χ4v) is 7.13. The molecule has 7 nitrogen and oxygen atoms in total. The van der Waals surface area contributed by atoms with E-state index in [0.717, 1.165) is 53.3 Å². The number of amides is 1. The Hall–Kier alpha value is -2.59. The van der Waals surface area contributed by atoms with Gasteiger partial charge in [-0.3, -0.25) is 14.4 Å². The van der Waals surface area contributed by atoms with Gasteiger partial charge in [-0.2, -0.15) is 18.3 Å². The fourth-order valence-electron chi connectivity index (χ4n) is 7.13. The first-order chi connectivity index (χ1) is 17.5. The van der Waals surface area contributed by atoms with Crippen LogP contribution in [0.1, 0.15) is 54.4 Å². The van der Waals surface area contributed by atoms with E-state index in [2.05, 4.69) is 10.00 Å². The van der Waals surface area contributed by atoms with Gasteiger partial charge in [-0.05, 0) is 80.7 Å². The van der Waals surface area contributed by atoms with E-state index in [1.54, 1.807) is 4.90 Å². The molecule has 1 aromatic carbocycles. The number of likely N-dealkylation sites (tertiary alicyclic amines) is 2. The number of hydrogen-bond acceptors (Lipinski definition) is 5. The molecule has 200 valence electrons. The number of hydrogen-bond donors (Lipinski definition) is 2. The van der Waals surface area contributed by atoms with Crippen molar-refractivity contribution in [3.05, 3.63) is 46.8 Å². The number of nitrogens with zero attached hydrogens (tertiary/aromatic N) is 4. The highest BCUT2D eigenvalue weighted by Crippen LogP contribution is 2.57. The number of benzene rings is 1. The smallest absolute Gasteiger partial charge is 0.419 e. The molecule has 2 bridgehead atoms. The zero-order valence-electron chi connectivity index (χ0n) is 21.0. The topological polar surface area (TPSA) is 81.8 Å². The molecule has 10 heteroatoms. The van der Waals surface area contributed by atoms with Crippen molar-refractivity contribution in [2.75, 3.05) is 26.2 Å². The van der Waals surface area contributed by atoms with Crippen molar-refractivity contribution >= 4 is 5.91 Å². The van der Waals surface area contributed by atoms with Crippen LogP contribution in [0.5, 0.6) is 5.75 Å². The van der Waals surface area contributed by atoms with Crippen LogP contribution in [0.4, 0.5) is 13.2 Å². The summed E-state index contributed by atoms with van der Waals surface area (Å²) in [6.07, 6.45) is 1.87. The van der Waals surface area contributed by atoms with Gasteiger partial charge in [0.2, 0.25) is 5.91 Å². The molecule has 1 amide bonds. The van der Waals surface area contributed by atoms with Gasteiger partial charge in [0.15, 0.2) is 0 Å². The lowest BCUT2D eigenvalue weighted by molar-refractivity contribution is -0.149. The van der Waals surface area contributed by atoms with Gasteiger partial charge in [-0.1, -0.05) is 6.07 Å². The molecule has 37 heavy (non-hydrogen) atoms. The number of aromatic nitrogens is 2. The average Bonchev–Trinajstić information content (AvgIpc) is 3.55. The first-order valence-electron chi connectivity index (χ1n) is 13.2. The van der Waals surface area contributed by atoms with E-state index in [-0.39, 0.29) is 24.2 Å². The molecular formula is C27H33F3N4O3. The predicted molar refractivity (Wildman–Crippen MR) is 129 cm³/mol. The predicted octanol–water partition coefficient (Wildman–Crippen LogP) is 3.25. The molecule has 1 aromatic heterocycles. The first kappa shape index (κ1) is 24.7. The zero-order valence-corrected chi connectivity index (χ0v) is 21.0. The normalized spacial score (nSPS) is 30.0. The SMILES string of the molecule is Cc1cc2c(cc1O)[C@@]13CCN(C(=O)Cn4cc(C(F)(F)F)cn4)CC[C@@]1(O)[C@@H](C2)N(CC1CC1)CC3. The van der Waals surface area contributed by atoms with Crippen molar-refractivity contribution in [3.63, 3.8) is 0 Å². The lowest BCUT2D eigenvalue weighted by Gasteiger charge is -2.61. The Balaban J connectivity index is 1.30. The molecule has 2 aromatic rings. The van der Waals surface area contributed by atoms with Gasteiger partial charge in [0.1, 0.15) is 12.3 Å². The van der Waals surface area contributed by atoms with Crippen LogP contribution in [0.25, 0.3) is 0 Å². The number of aliphatic hydroxyl groups is 1. The summed E-state index contributed by atoms with van der Waals surface area (Å²) in [7, 11) is 0. The van der Waals surface area contributed by atoms with Crippen LogP contribution in [-0.2, 0) is 29.4 Å². The number of phenolic OH excluding ortho intramolecular Hbond substituents is 1. The summed E-state index contributed by atoms with van der Waals surface area (Å²) in [5.41, 5.74) is 0.402. The fraction of sp³-hybridized carbons (Fsp3) is 0.630. The minimum atomic E-state index is -4.51. The number of carbonyl (C=O) groups is 1. The summed E-state index contributed by atoms with van der Waals surface area (Å²) in [4.78, 5) is 17.3. The van der Waals surface area contributed by atoms with Crippen LogP contribution < -0.4 is 0 Å². The summed E-state index contributed by atoms with van der Waals surface area (Å²) in [6.45, 7) is 4.15. The number of piperidine rings is 1. The number of rotatable bonds is 4. The number of fused-ring (bicyclic) bond motifs is 1. The Morgan fingerprint density at radius 3 is 2.59 bits per heavy atom. The van der Waals surface area contributed by atoms with E-state index in [4.69, 9.17) is 0 Å². The Labute approximate surface area is 213 Å². The maximum atomic E-state index is 13.2. The molecule has 0 spiro atoms. The zero-order chi connectivity index (χ0) is 26.2. The highest BCUT2D eigenvalue weighted by molar-refractivity contribution is 5.76. The molecule has 3 heterocycles. The van der Waals surface area contributed by atoms with E-state index in [0.29, 0.717) is 38.3 Å². The van der Waals surface area contributed by atoms with E-state index >= 15 is 0 Å². The number of aromatic hydroxyl groups is 1. The van der Waals surface area contributed by atoms with E-state index < -0.39 is 22.8 Å². The van der Waals surface area contributed by atoms with Crippen molar-refractivity contribution < 1.29 is 28.2 Å². The third kappa shape index (κ3) is 4.03. The molecule has 2 N–H and O–H groups in total. The molecule has 3 fully saturated rings. The maximum absolute atomic E-state index is 13.2. The second-order valence-electron chi connectivity index (χ2n) is 11.5. The number of alkyl halides is 3. The largest absolute Gasteiger partial charge is 0.508 e. The number of halogens is 3. The van der Waals surface area contributed by atoms with Crippen molar-refractivity contribution in [1.82, 2.24) is 19.6 Å². The third-order valence-corrected chi connectivity index (χ3v) is 9.37. The monoisotopic (exact) mass is 518 g/mol. The van der Waals surface area contributed by atoms with Gasteiger partial charge in [0.05, 0.1) is 17.4 Å². The molecule has 0 radical (unpaired) electrons. The van der Waals surface area contributed by atoms with Crippen LogP contribution in [0.15, 0.2) is 24.5 Å². The highest BCUT2D eigenvalue weighted by Gasteiger charge is 2.63. The Morgan fingerprint density at radius 1 is 1.16 bits per heavy atom. The minimum Gasteiger partial charge on any atom is -0.508 e. The van der Waals surface area contributed by atoms with Crippen LogP contribution in [0, 0.1) is 12.8 Å². The minimum absolute atomic E-state index is 0.0752. The highest BCUT2D eigenvalue weighted by atomic mass is 19.4. The second kappa shape index (κ2) is 8.46. The lowest BCUT2D eigenvalue weighted by Crippen LogP contribution is -2.71. The van der Waals surface area contributed by atoms with Gasteiger partial charge < -0.3 is 15.1 Å². The molecule has 1 saturated carbocycles. The second-order valence-corrected chi connectivity index (χ2v) is 11.5. The van der Waals surface area contributed by atoms with E-state index in [9.17, 15) is 28.2 Å². The Kier molecular flexibility index (Phi) is 5.65. The molecule has 2 aliphatic carbocycles. The van der Waals surface area contributed by atoms with Crippen molar-refractivity contribution in [3.8, 4) is 5.75 Å². The summed E-state index contributed by atoms with van der Waals surface area (Å²) in [5.74, 6) is 0.580. The molecule has 4 aliphatic rings. The molecule has 2 saturated heterocycles. The summed E-state index contributed by atoms with van der Waals surface area (Å²) >= 11 is 0. The molecule has 0 unspecified atom stereocenters. The van der Waals surface area contributed by atoms with Crippen LogP contribution in [-0.4, -0.2) is 73.5 Å². The molecule has 3 atom stereocenters. The van der Waals surface area contributed by atoms with Gasteiger partial charge >= 0.3 is 6.18 Å². The van der Waals surface area contributed by atoms with Crippen LogP contribution in [0.2, 0.25) is 0 Å². The van der Waals surface area contributed by atoms with Crippen molar-refractivity contribution in [2.45, 2.75) is 75.2 Å². The van der Waals surface area contributed by atoms with Crippen LogP contribution in [0.3, 0.4) is 0 Å². The summed E-state index contributed by atoms with van der Waals surface area (Å²) in [6, 6.07) is 3.79. The number of phenols is 1. The number of carbonyl (C=O) groups excluding carboxylic acids is 1. The molecule has 6 rings (SSSR count). The Morgan fingerprint density at radius 2 is 1.89 bits per heavy atom. The summed E-state index contributed by atoms with van der Waals surface area (Å²) in [5, 5.41) is 26.9. The third-order valence-electron chi connectivity index (χ3n) is 9.37. The van der Waals surface area contributed by atoms with Crippen molar-refractivity contribution in [2.24, 2.45) is 5.92 Å². The van der Waals surface area contributed by atoms with Gasteiger partial charge in [0, 0.05) is 37.3 Å². The molecule has 2 aliphatic heterocycles. The van der Waals surface area contributed by atoms with Gasteiger partial charge in [-0.15, -0.1) is 0 Å². The van der Waals surface area contributed by atoms with E-state index in [1.807, 2.05) is 19.1 Å². The van der Waals surface area contributed by atoms with E-state index in [1.165, 1.54) is 12.8 Å². The van der Waals surface area contributed by atoms with Gasteiger partial charge in [0.25, 0.3) is 0 Å². The maximum Gasteiger partial charge on any atom is 0.419 e. The standard InChI is InChI=1S/C27H33F3N4O3/c1-17-10-19-11-23-26(37)6-9-32(24(36)16-34-15-20(13-31-34)27(28,29)30)7-4-25(26,21(19)12-22(17)35)5-8-33(23)14-18-2-3-18/h10,12-13,15,18,23,35,37H,2-9,11,14,16H2,1H3/t23-,25+,26-/m1/s1. The Bertz CT molecular complexity index is 1230. The summed E-state index contributed by atoms with van der Waals surface area (Å²) < 4.78 is 40.0. The van der Waals surface area contributed by atoms with Gasteiger partial charge in [-0.25, -0.2) is 0 Å². The number of aryl methyl sites for hydroxylation is 1. The van der Waals surface area contributed by atoms with Crippen molar-refractivity contribution in [1.29, 1.82) is 0 Å². The lowest BCUT2D eigenvalue weighted by atomic mass is 9.52.